The highest BCUT2D eigenvalue weighted by atomic mass is 16.2. The molecule has 0 aromatic rings. The van der Waals surface area contributed by atoms with Gasteiger partial charge in [0, 0.05) is 32.1 Å². The van der Waals surface area contributed by atoms with Crippen molar-refractivity contribution in [1.29, 1.82) is 0 Å². The predicted molar refractivity (Wildman–Crippen MR) is 82.5 cm³/mol. The number of rotatable bonds is 4. The maximum absolute atomic E-state index is 12.8. The van der Waals surface area contributed by atoms with Crippen LogP contribution in [0.15, 0.2) is 0 Å². The van der Waals surface area contributed by atoms with Crippen molar-refractivity contribution in [3.8, 4) is 0 Å². The Morgan fingerprint density at radius 1 is 1.29 bits per heavy atom. The minimum Gasteiger partial charge on any atom is -0.355 e. The van der Waals surface area contributed by atoms with Gasteiger partial charge in [0.1, 0.15) is 0 Å². The summed E-state index contributed by atoms with van der Waals surface area (Å²) in [7, 11) is 0. The molecule has 120 valence electrons. The molecule has 1 heterocycles. The third-order valence-electron chi connectivity index (χ3n) is 5.10. The zero-order chi connectivity index (χ0) is 15.5. The van der Waals surface area contributed by atoms with Gasteiger partial charge in [-0.05, 0) is 31.1 Å². The van der Waals surface area contributed by atoms with Crippen molar-refractivity contribution in [3.63, 3.8) is 0 Å². The van der Waals surface area contributed by atoms with Crippen LogP contribution in [-0.4, -0.2) is 42.9 Å². The molecule has 2 rings (SSSR count). The molecular weight excluding hydrogens is 266 g/mol. The number of nitrogens with zero attached hydrogens (tertiary/aromatic N) is 1. The van der Waals surface area contributed by atoms with E-state index < -0.39 is 0 Å². The average Bonchev–Trinajstić information content (AvgIpc) is 2.83. The highest BCUT2D eigenvalue weighted by Crippen LogP contribution is 2.43. The normalized spacial score (nSPS) is 28.4. The van der Waals surface area contributed by atoms with Gasteiger partial charge in [-0.2, -0.15) is 0 Å². The molecule has 2 unspecified atom stereocenters. The molecule has 1 aliphatic carbocycles. The fraction of sp³-hybridized carbons (Fsp3) is 0.875. The number of likely N-dealkylation sites (tertiary alicyclic amines) is 1. The lowest BCUT2D eigenvalue weighted by Gasteiger charge is -2.36. The van der Waals surface area contributed by atoms with Crippen molar-refractivity contribution in [2.45, 2.75) is 46.0 Å². The summed E-state index contributed by atoms with van der Waals surface area (Å²) in [4.78, 5) is 26.8. The van der Waals surface area contributed by atoms with E-state index in [1.54, 1.807) is 0 Å². The van der Waals surface area contributed by atoms with Gasteiger partial charge in [0.2, 0.25) is 11.8 Å². The quantitative estimate of drug-likeness (QED) is 0.816. The molecule has 2 amide bonds. The second-order valence-electron chi connectivity index (χ2n) is 7.14. The summed E-state index contributed by atoms with van der Waals surface area (Å²) in [5, 5.41) is 2.85. The number of carbonyl (C=O) groups is 2. The minimum atomic E-state index is -0.0706. The molecule has 21 heavy (non-hydrogen) atoms. The first-order valence-corrected chi connectivity index (χ1v) is 8.22. The molecule has 1 saturated heterocycles. The van der Waals surface area contributed by atoms with E-state index in [9.17, 15) is 9.59 Å². The first-order valence-electron chi connectivity index (χ1n) is 8.22. The molecule has 2 atom stereocenters. The number of hydrogen-bond acceptors (Lipinski definition) is 3. The van der Waals surface area contributed by atoms with Gasteiger partial charge in [-0.25, -0.2) is 0 Å². The monoisotopic (exact) mass is 295 g/mol. The van der Waals surface area contributed by atoms with Crippen molar-refractivity contribution in [3.05, 3.63) is 0 Å². The number of nitrogens with two attached hydrogens (primary N) is 1. The molecular formula is C16H29N3O2. The van der Waals surface area contributed by atoms with Gasteiger partial charge >= 0.3 is 0 Å². The number of nitrogens with one attached hydrogen (secondary N) is 1. The van der Waals surface area contributed by atoms with Crippen LogP contribution in [0.4, 0.5) is 0 Å². The van der Waals surface area contributed by atoms with E-state index in [1.165, 1.54) is 0 Å². The second-order valence-corrected chi connectivity index (χ2v) is 7.14. The molecule has 2 fully saturated rings. The van der Waals surface area contributed by atoms with Crippen LogP contribution in [-0.2, 0) is 9.59 Å². The molecule has 1 saturated carbocycles. The Balaban J connectivity index is 1.94. The van der Waals surface area contributed by atoms with Crippen molar-refractivity contribution in [2.24, 2.45) is 23.0 Å². The van der Waals surface area contributed by atoms with E-state index >= 15 is 0 Å². The van der Waals surface area contributed by atoms with Gasteiger partial charge in [0.15, 0.2) is 0 Å². The molecule has 2 aliphatic rings. The standard InChI is InChI=1S/C16H29N3O2/c1-16(2)7-3-6-13(16)15(21)19-10-4-5-12(11-19)14(20)18-9-8-17/h12-13H,3-11,17H2,1-2H3,(H,18,20). The summed E-state index contributed by atoms with van der Waals surface area (Å²) < 4.78 is 0. The molecule has 3 N–H and O–H groups in total. The Morgan fingerprint density at radius 2 is 2.05 bits per heavy atom. The predicted octanol–water partition coefficient (Wildman–Crippen LogP) is 1.13. The molecule has 5 heteroatoms. The maximum atomic E-state index is 12.8. The third kappa shape index (κ3) is 3.76. The summed E-state index contributed by atoms with van der Waals surface area (Å²) in [6.45, 7) is 6.72. The minimum absolute atomic E-state index is 0.0450. The number of hydrogen-bond donors (Lipinski definition) is 2. The average molecular weight is 295 g/mol. The van der Waals surface area contributed by atoms with E-state index in [2.05, 4.69) is 19.2 Å². The molecule has 5 nitrogen and oxygen atoms in total. The Hall–Kier alpha value is -1.10. The van der Waals surface area contributed by atoms with Gasteiger partial charge in [-0.15, -0.1) is 0 Å². The molecule has 0 aromatic heterocycles. The summed E-state index contributed by atoms with van der Waals surface area (Å²) in [5.74, 6) is 0.361. The van der Waals surface area contributed by atoms with Crippen molar-refractivity contribution < 1.29 is 9.59 Å². The van der Waals surface area contributed by atoms with E-state index in [0.29, 0.717) is 19.6 Å². The van der Waals surface area contributed by atoms with Crippen LogP contribution >= 0.6 is 0 Å². The number of carbonyl (C=O) groups excluding carboxylic acids is 2. The largest absolute Gasteiger partial charge is 0.355 e. The fourth-order valence-corrected chi connectivity index (χ4v) is 3.74. The Bertz CT molecular complexity index is 395. The summed E-state index contributed by atoms with van der Waals surface area (Å²) in [5.41, 5.74) is 5.52. The van der Waals surface area contributed by atoms with Crippen LogP contribution in [0.5, 0.6) is 0 Å². The van der Waals surface area contributed by atoms with Crippen LogP contribution in [0.25, 0.3) is 0 Å². The number of piperidine rings is 1. The summed E-state index contributed by atoms with van der Waals surface area (Å²) in [6.07, 6.45) is 5.04. The van der Waals surface area contributed by atoms with Gasteiger partial charge < -0.3 is 16.0 Å². The van der Waals surface area contributed by atoms with E-state index in [-0.39, 0.29) is 29.1 Å². The highest BCUT2D eigenvalue weighted by Gasteiger charge is 2.42. The molecule has 0 radical (unpaired) electrons. The summed E-state index contributed by atoms with van der Waals surface area (Å²) in [6, 6.07) is 0. The van der Waals surface area contributed by atoms with Crippen molar-refractivity contribution >= 4 is 11.8 Å². The fourth-order valence-electron chi connectivity index (χ4n) is 3.74. The van der Waals surface area contributed by atoms with Gasteiger partial charge in [0.25, 0.3) is 0 Å². The molecule has 1 aliphatic heterocycles. The van der Waals surface area contributed by atoms with E-state index in [1.807, 2.05) is 4.90 Å². The lowest BCUT2D eigenvalue weighted by molar-refractivity contribution is -0.141. The van der Waals surface area contributed by atoms with Crippen molar-refractivity contribution in [1.82, 2.24) is 10.2 Å². The molecule has 0 aromatic carbocycles. The zero-order valence-corrected chi connectivity index (χ0v) is 13.4. The van der Waals surface area contributed by atoms with Gasteiger partial charge in [-0.1, -0.05) is 20.3 Å². The second kappa shape index (κ2) is 6.77. The SMILES string of the molecule is CC1(C)CCCC1C(=O)N1CCCC(C(=O)NCCN)C1. The lowest BCUT2D eigenvalue weighted by atomic mass is 9.80. The lowest BCUT2D eigenvalue weighted by Crippen LogP contribution is -2.49. The van der Waals surface area contributed by atoms with Gasteiger partial charge in [0.05, 0.1) is 5.92 Å². The van der Waals surface area contributed by atoms with E-state index in [4.69, 9.17) is 5.73 Å². The summed E-state index contributed by atoms with van der Waals surface area (Å²) >= 11 is 0. The van der Waals surface area contributed by atoms with Crippen LogP contribution < -0.4 is 11.1 Å². The van der Waals surface area contributed by atoms with Crippen LogP contribution in [0.3, 0.4) is 0 Å². The number of amides is 2. The first-order chi connectivity index (χ1) is 9.95. The van der Waals surface area contributed by atoms with Crippen LogP contribution in [0.1, 0.15) is 46.0 Å². The zero-order valence-electron chi connectivity index (χ0n) is 13.4. The van der Waals surface area contributed by atoms with Crippen LogP contribution in [0.2, 0.25) is 0 Å². The Labute approximate surface area is 127 Å². The Morgan fingerprint density at radius 3 is 2.67 bits per heavy atom. The van der Waals surface area contributed by atoms with Crippen molar-refractivity contribution in [2.75, 3.05) is 26.2 Å². The molecule has 0 spiro atoms. The third-order valence-corrected chi connectivity index (χ3v) is 5.10. The Kier molecular flexibility index (Phi) is 5.25. The topological polar surface area (TPSA) is 75.4 Å². The first kappa shape index (κ1) is 16.3. The van der Waals surface area contributed by atoms with Gasteiger partial charge in [-0.3, -0.25) is 9.59 Å². The van der Waals surface area contributed by atoms with Crippen LogP contribution in [0, 0.1) is 17.3 Å². The molecule has 0 bridgehead atoms. The van der Waals surface area contributed by atoms with E-state index in [0.717, 1.165) is 38.6 Å². The smallest absolute Gasteiger partial charge is 0.226 e. The highest BCUT2D eigenvalue weighted by molar-refractivity contribution is 5.83. The maximum Gasteiger partial charge on any atom is 0.226 e.